The van der Waals surface area contributed by atoms with Gasteiger partial charge in [0.2, 0.25) is 0 Å². The predicted molar refractivity (Wildman–Crippen MR) is 68.3 cm³/mol. The van der Waals surface area contributed by atoms with E-state index in [0.29, 0.717) is 11.1 Å². The fourth-order valence-corrected chi connectivity index (χ4v) is 2.00. The molecule has 2 aromatic carbocycles. The van der Waals surface area contributed by atoms with E-state index in [2.05, 4.69) is 0 Å². The number of halogens is 3. The lowest BCUT2D eigenvalue weighted by Gasteiger charge is -2.24. The predicted octanol–water partition coefficient (Wildman–Crippen LogP) is 3.33. The normalized spacial score (nSPS) is 14.1. The van der Waals surface area contributed by atoms with E-state index >= 15 is 0 Å². The molecule has 0 aliphatic rings. The van der Waals surface area contributed by atoms with Gasteiger partial charge in [-0.25, -0.2) is 13.2 Å². The van der Waals surface area contributed by atoms with Crippen molar-refractivity contribution >= 4 is 0 Å². The summed E-state index contributed by atoms with van der Waals surface area (Å²) in [7, 11) is 0. The van der Waals surface area contributed by atoms with Crippen LogP contribution in [-0.2, 0) is 12.1 Å². The molecule has 2 rings (SSSR count). The van der Waals surface area contributed by atoms with Gasteiger partial charge in [-0.15, -0.1) is 0 Å². The van der Waals surface area contributed by atoms with Crippen molar-refractivity contribution in [2.75, 3.05) is 6.54 Å². The monoisotopic (exact) mass is 265 g/mol. The Balaban J connectivity index is 2.30. The molecule has 2 aromatic rings. The highest BCUT2D eigenvalue weighted by Crippen LogP contribution is 2.29. The third-order valence-electron chi connectivity index (χ3n) is 3.08. The van der Waals surface area contributed by atoms with Crippen molar-refractivity contribution in [3.05, 3.63) is 71.3 Å². The molecule has 100 valence electrons. The molecular weight excluding hydrogens is 251 g/mol. The highest BCUT2D eigenvalue weighted by Gasteiger charge is 2.30. The second-order valence-corrected chi connectivity index (χ2v) is 4.46. The summed E-state index contributed by atoms with van der Waals surface area (Å²) < 4.78 is 40.8. The fraction of sp³-hybridized carbons (Fsp3) is 0.200. The molecule has 1 unspecified atom stereocenters. The van der Waals surface area contributed by atoms with Crippen LogP contribution in [0, 0.1) is 11.6 Å². The molecule has 0 aromatic heterocycles. The second-order valence-electron chi connectivity index (χ2n) is 4.46. The molecule has 2 N–H and O–H groups in total. The standard InChI is InChI=1S/C15H14F3N/c16-13-7-6-11(8-14(13)17)9-15(18,10-19)12-4-2-1-3-5-12/h1-8H,9-10,19H2. The van der Waals surface area contributed by atoms with Gasteiger partial charge in [-0.1, -0.05) is 36.4 Å². The molecule has 0 aliphatic heterocycles. The highest BCUT2D eigenvalue weighted by atomic mass is 19.2. The van der Waals surface area contributed by atoms with Gasteiger partial charge in [0.15, 0.2) is 17.3 Å². The van der Waals surface area contributed by atoms with E-state index in [1.165, 1.54) is 6.07 Å². The van der Waals surface area contributed by atoms with Crippen LogP contribution in [0.3, 0.4) is 0 Å². The summed E-state index contributed by atoms with van der Waals surface area (Å²) in [4.78, 5) is 0. The summed E-state index contributed by atoms with van der Waals surface area (Å²) in [5.41, 5.74) is 4.53. The molecule has 0 fully saturated rings. The van der Waals surface area contributed by atoms with E-state index in [-0.39, 0.29) is 13.0 Å². The molecule has 19 heavy (non-hydrogen) atoms. The lowest BCUT2D eigenvalue weighted by Crippen LogP contribution is -2.32. The Hall–Kier alpha value is -1.81. The van der Waals surface area contributed by atoms with Crippen molar-refractivity contribution in [2.24, 2.45) is 5.73 Å². The van der Waals surface area contributed by atoms with Crippen LogP contribution in [0.2, 0.25) is 0 Å². The van der Waals surface area contributed by atoms with Crippen molar-refractivity contribution in [2.45, 2.75) is 12.1 Å². The van der Waals surface area contributed by atoms with Crippen LogP contribution in [-0.4, -0.2) is 6.54 Å². The maximum Gasteiger partial charge on any atom is 0.159 e. The van der Waals surface area contributed by atoms with Gasteiger partial charge in [0.1, 0.15) is 0 Å². The van der Waals surface area contributed by atoms with Crippen LogP contribution in [0.25, 0.3) is 0 Å². The summed E-state index contributed by atoms with van der Waals surface area (Å²) in [5.74, 6) is -1.93. The molecule has 0 spiro atoms. The Morgan fingerprint density at radius 3 is 2.21 bits per heavy atom. The third-order valence-corrected chi connectivity index (χ3v) is 3.08. The van der Waals surface area contributed by atoms with Crippen LogP contribution < -0.4 is 5.73 Å². The van der Waals surface area contributed by atoms with E-state index in [1.54, 1.807) is 30.3 Å². The van der Waals surface area contributed by atoms with Gasteiger partial charge in [-0.2, -0.15) is 0 Å². The molecule has 1 atom stereocenters. The van der Waals surface area contributed by atoms with Gasteiger partial charge in [-0.05, 0) is 23.3 Å². The van der Waals surface area contributed by atoms with Crippen molar-refractivity contribution in [3.8, 4) is 0 Å². The SMILES string of the molecule is NCC(F)(Cc1ccc(F)c(F)c1)c1ccccc1. The van der Waals surface area contributed by atoms with E-state index in [1.807, 2.05) is 0 Å². The summed E-state index contributed by atoms with van der Waals surface area (Å²) >= 11 is 0. The topological polar surface area (TPSA) is 26.0 Å². The first kappa shape index (κ1) is 13.6. The molecule has 1 nitrogen and oxygen atoms in total. The minimum Gasteiger partial charge on any atom is -0.327 e. The smallest absolute Gasteiger partial charge is 0.159 e. The van der Waals surface area contributed by atoms with Crippen LogP contribution >= 0.6 is 0 Å². The Bertz CT molecular complexity index is 557. The van der Waals surface area contributed by atoms with Gasteiger partial charge in [0.05, 0.1) is 0 Å². The second kappa shape index (κ2) is 5.45. The lowest BCUT2D eigenvalue weighted by atomic mass is 9.89. The zero-order chi connectivity index (χ0) is 13.9. The van der Waals surface area contributed by atoms with Gasteiger partial charge in [-0.3, -0.25) is 0 Å². The van der Waals surface area contributed by atoms with Crippen LogP contribution in [0.5, 0.6) is 0 Å². The van der Waals surface area contributed by atoms with E-state index in [9.17, 15) is 13.2 Å². The largest absolute Gasteiger partial charge is 0.327 e. The molecule has 4 heteroatoms. The molecule has 0 bridgehead atoms. The average Bonchev–Trinajstić information content (AvgIpc) is 2.44. The number of hydrogen-bond acceptors (Lipinski definition) is 1. The van der Waals surface area contributed by atoms with Gasteiger partial charge in [0, 0.05) is 13.0 Å². The summed E-state index contributed by atoms with van der Waals surface area (Å²) in [6.07, 6.45) is -0.0925. The van der Waals surface area contributed by atoms with E-state index in [0.717, 1.165) is 12.1 Å². The highest BCUT2D eigenvalue weighted by molar-refractivity contribution is 5.28. The number of benzene rings is 2. The zero-order valence-electron chi connectivity index (χ0n) is 10.2. The summed E-state index contributed by atoms with van der Waals surface area (Å²) in [6, 6.07) is 11.8. The lowest BCUT2D eigenvalue weighted by molar-refractivity contribution is 0.175. The Morgan fingerprint density at radius 2 is 1.63 bits per heavy atom. The average molecular weight is 265 g/mol. The van der Waals surface area contributed by atoms with E-state index < -0.39 is 17.3 Å². The first-order chi connectivity index (χ1) is 9.05. The quantitative estimate of drug-likeness (QED) is 0.901. The van der Waals surface area contributed by atoms with Gasteiger partial charge >= 0.3 is 0 Å². The Labute approximate surface area is 109 Å². The van der Waals surface area contributed by atoms with Crippen molar-refractivity contribution in [1.29, 1.82) is 0 Å². The van der Waals surface area contributed by atoms with Crippen molar-refractivity contribution < 1.29 is 13.2 Å². The maximum absolute atomic E-state index is 14.8. The molecular formula is C15H14F3N. The Morgan fingerprint density at radius 1 is 0.947 bits per heavy atom. The first-order valence-electron chi connectivity index (χ1n) is 5.93. The molecule has 0 radical (unpaired) electrons. The van der Waals surface area contributed by atoms with Crippen LogP contribution in [0.1, 0.15) is 11.1 Å². The first-order valence-corrected chi connectivity index (χ1v) is 5.93. The number of hydrogen-bond donors (Lipinski definition) is 1. The Kier molecular flexibility index (Phi) is 3.90. The van der Waals surface area contributed by atoms with Crippen molar-refractivity contribution in [3.63, 3.8) is 0 Å². The van der Waals surface area contributed by atoms with Crippen LogP contribution in [0.15, 0.2) is 48.5 Å². The summed E-state index contributed by atoms with van der Waals surface area (Å²) in [5, 5.41) is 0. The van der Waals surface area contributed by atoms with Crippen LogP contribution in [0.4, 0.5) is 13.2 Å². The maximum atomic E-state index is 14.8. The van der Waals surface area contributed by atoms with E-state index in [4.69, 9.17) is 5.73 Å². The third kappa shape index (κ3) is 2.96. The summed E-state index contributed by atoms with van der Waals surface area (Å²) in [6.45, 7) is -0.226. The number of nitrogens with two attached hydrogens (primary N) is 1. The fourth-order valence-electron chi connectivity index (χ4n) is 2.00. The molecule has 0 heterocycles. The minimum absolute atomic E-state index is 0.0925. The molecule has 0 saturated heterocycles. The number of rotatable bonds is 4. The van der Waals surface area contributed by atoms with Crippen molar-refractivity contribution in [1.82, 2.24) is 0 Å². The zero-order valence-corrected chi connectivity index (χ0v) is 10.2. The van der Waals surface area contributed by atoms with Gasteiger partial charge < -0.3 is 5.73 Å². The minimum atomic E-state index is -1.79. The molecule has 0 saturated carbocycles. The number of alkyl halides is 1. The van der Waals surface area contributed by atoms with Gasteiger partial charge in [0.25, 0.3) is 0 Å². The molecule has 0 amide bonds. The molecule has 0 aliphatic carbocycles.